The third-order valence-corrected chi connectivity index (χ3v) is 27.1. The molecule has 10 N–H and O–H groups in total. The molecule has 8 amide bonds. The number of benzene rings is 3. The molecule has 3 aromatic rings. The predicted molar refractivity (Wildman–Crippen MR) is 510 cm³/mol. The number of carbonyl (C=O) groups is 12. The summed E-state index contributed by atoms with van der Waals surface area (Å²) in [7, 11) is 2.73. The van der Waals surface area contributed by atoms with Gasteiger partial charge in [-0.05, 0) is 78.4 Å². The Balaban J connectivity index is 0.000000228. The first-order chi connectivity index (χ1) is 65.9. The Labute approximate surface area is 805 Å². The number of nitrogens with two attached hydrogens (primary N) is 3. The van der Waals surface area contributed by atoms with Crippen LogP contribution in [0.2, 0.25) is 0 Å². The van der Waals surface area contributed by atoms with Gasteiger partial charge in [-0.3, -0.25) is 57.5 Å². The van der Waals surface area contributed by atoms with E-state index in [0.29, 0.717) is 180 Å². The highest BCUT2D eigenvalue weighted by Crippen LogP contribution is 2.36. The second-order valence-corrected chi connectivity index (χ2v) is 37.6. The topological polar surface area (TPSA) is 467 Å². The van der Waals surface area contributed by atoms with Gasteiger partial charge in [0, 0.05) is 89.9 Å². The van der Waals surface area contributed by atoms with Crippen molar-refractivity contribution in [3.8, 4) is 6.07 Å². The molecular weight excluding hydrogens is 1750 g/mol. The maximum atomic E-state index is 13.2. The van der Waals surface area contributed by atoms with Gasteiger partial charge in [0.05, 0.1) is 137 Å². The van der Waals surface area contributed by atoms with Gasteiger partial charge in [0.2, 0.25) is 47.3 Å². The number of carbonyl (C=O) groups excluding carboxylic acids is 10. The number of primary amides is 2. The zero-order valence-electron chi connectivity index (χ0n) is 80.9. The van der Waals surface area contributed by atoms with Gasteiger partial charge < -0.3 is 100 Å². The number of nitriles is 1. The lowest BCUT2D eigenvalue weighted by Crippen LogP contribution is -2.50. The van der Waals surface area contributed by atoms with E-state index in [0.717, 1.165) is 87.3 Å². The van der Waals surface area contributed by atoms with Crippen molar-refractivity contribution in [2.75, 3.05) is 139 Å². The van der Waals surface area contributed by atoms with E-state index in [4.69, 9.17) is 60.2 Å². The molecule has 33 nitrogen and oxygen atoms in total. The molecule has 8 atom stereocenters. The Bertz CT molecular complexity index is 3980. The van der Waals surface area contributed by atoms with Gasteiger partial charge >= 0.3 is 23.9 Å². The second-order valence-electron chi connectivity index (χ2n) is 37.6. The van der Waals surface area contributed by atoms with Crippen LogP contribution in [0.3, 0.4) is 0 Å². The fourth-order valence-electron chi connectivity index (χ4n) is 19.2. The van der Waals surface area contributed by atoms with Crippen LogP contribution in [-0.4, -0.2) is 258 Å². The van der Waals surface area contributed by atoms with Crippen molar-refractivity contribution < 1.29 is 110 Å². The van der Waals surface area contributed by atoms with Crippen LogP contribution in [0.5, 0.6) is 0 Å². The van der Waals surface area contributed by atoms with E-state index in [1.165, 1.54) is 111 Å². The normalized spacial score (nSPS) is 19.3. The van der Waals surface area contributed by atoms with Crippen LogP contribution in [0.4, 0.5) is 0 Å². The van der Waals surface area contributed by atoms with Crippen molar-refractivity contribution in [1.29, 1.82) is 5.26 Å². The minimum Gasteiger partial charge on any atom is -0.481 e. The van der Waals surface area contributed by atoms with Gasteiger partial charge in [-0.1, -0.05) is 252 Å². The molecule has 4 heterocycles. The van der Waals surface area contributed by atoms with Crippen LogP contribution in [0, 0.1) is 70.5 Å². The summed E-state index contributed by atoms with van der Waals surface area (Å²) < 4.78 is 47.2. The van der Waals surface area contributed by atoms with E-state index in [-0.39, 0.29) is 105 Å². The second kappa shape index (κ2) is 66.9. The largest absolute Gasteiger partial charge is 0.481 e. The number of hydrogen-bond acceptors (Lipinski definition) is 23. The first-order valence-corrected chi connectivity index (χ1v) is 50.1. The molecule has 33 heteroatoms. The lowest BCUT2D eigenvalue weighted by molar-refractivity contribution is -0.151. The summed E-state index contributed by atoms with van der Waals surface area (Å²) in [5, 5.41) is 33.2. The molecule has 12 rings (SSSR count). The molecule has 9 aliphatic rings. The van der Waals surface area contributed by atoms with Crippen molar-refractivity contribution in [3.05, 3.63) is 108 Å². The molecule has 9 fully saturated rings. The Morgan fingerprint density at radius 1 is 0.375 bits per heavy atom. The maximum absolute atomic E-state index is 13.2. The van der Waals surface area contributed by atoms with Crippen LogP contribution in [0.15, 0.2) is 91.0 Å². The number of methoxy groups -OCH3 is 2. The van der Waals surface area contributed by atoms with Crippen molar-refractivity contribution in [2.24, 2.45) is 76.4 Å². The molecule has 5 aliphatic carbocycles. The minimum absolute atomic E-state index is 0.00176. The van der Waals surface area contributed by atoms with E-state index in [2.05, 4.69) is 21.4 Å². The number of aliphatic carboxylic acids is 2. The van der Waals surface area contributed by atoms with E-state index >= 15 is 0 Å². The summed E-state index contributed by atoms with van der Waals surface area (Å²) in [5.74, 6) is -3.81. The summed E-state index contributed by atoms with van der Waals surface area (Å²) in [6, 6.07) is 28.7. The Morgan fingerprint density at radius 2 is 0.647 bits per heavy atom. The molecule has 4 aliphatic heterocycles. The van der Waals surface area contributed by atoms with Crippen LogP contribution in [0.1, 0.15) is 241 Å². The predicted octanol–water partition coefficient (Wildman–Crippen LogP) is 11.2. The van der Waals surface area contributed by atoms with Gasteiger partial charge in [0.25, 0.3) is 0 Å². The average Bonchev–Trinajstić information content (AvgIpc) is 0.865. The molecule has 758 valence electrons. The quantitative estimate of drug-likeness (QED) is 0.0259. The number of hydrogen-bond donors (Lipinski definition) is 7. The number of nitrogens with one attached hydrogen (secondary N) is 2. The fourth-order valence-corrected chi connectivity index (χ4v) is 19.2. The van der Waals surface area contributed by atoms with Crippen molar-refractivity contribution in [3.63, 3.8) is 0 Å². The van der Waals surface area contributed by atoms with Crippen molar-refractivity contribution >= 4 is 71.1 Å². The summed E-state index contributed by atoms with van der Waals surface area (Å²) in [5.41, 5.74) is 18.9. The summed E-state index contributed by atoms with van der Waals surface area (Å²) >= 11 is 0. The number of carboxylic acid groups (broad SMARTS) is 2. The summed E-state index contributed by atoms with van der Waals surface area (Å²) in [6.45, 7) is 10.6. The highest BCUT2D eigenvalue weighted by atomic mass is 16.5. The summed E-state index contributed by atoms with van der Waals surface area (Å²) in [6.07, 6.45) is 33.6. The molecular formula is C103H158N10O23. The zero-order chi connectivity index (χ0) is 97.9. The fraction of sp³-hybridized carbons (Fsp3) is 0.699. The lowest BCUT2D eigenvalue weighted by atomic mass is 9.81. The highest BCUT2D eigenvalue weighted by Gasteiger charge is 2.37. The molecule has 4 saturated heterocycles. The molecule has 0 spiro atoms. The minimum atomic E-state index is -0.937. The van der Waals surface area contributed by atoms with Gasteiger partial charge in [-0.2, -0.15) is 5.26 Å². The van der Waals surface area contributed by atoms with Crippen LogP contribution in [-0.2, 0) is 120 Å². The van der Waals surface area contributed by atoms with Gasteiger partial charge in [-0.25, -0.2) is 0 Å². The molecule has 3 aromatic carbocycles. The number of carboxylic acids is 2. The van der Waals surface area contributed by atoms with Gasteiger partial charge in [0.15, 0.2) is 0 Å². The number of nitrogens with zero attached hydrogens (tertiary/aromatic N) is 5. The Morgan fingerprint density at radius 3 is 0.934 bits per heavy atom. The van der Waals surface area contributed by atoms with Crippen molar-refractivity contribution in [2.45, 2.75) is 263 Å². The number of amides is 8. The van der Waals surface area contributed by atoms with E-state index < -0.39 is 65.6 Å². The van der Waals surface area contributed by atoms with Crippen molar-refractivity contribution in [1.82, 2.24) is 30.2 Å². The number of rotatable bonds is 41. The molecule has 0 aromatic heterocycles. The third-order valence-electron chi connectivity index (χ3n) is 27.1. The smallest absolute Gasteiger partial charge is 0.309 e. The Kier molecular flexibility index (Phi) is 55.8. The van der Waals surface area contributed by atoms with Crippen LogP contribution >= 0.6 is 0 Å². The van der Waals surface area contributed by atoms with Crippen LogP contribution < -0.4 is 27.8 Å². The number of esters is 2. The van der Waals surface area contributed by atoms with Gasteiger partial charge in [-0.15, -0.1) is 0 Å². The highest BCUT2D eigenvalue weighted by molar-refractivity contribution is 5.91. The van der Waals surface area contributed by atoms with E-state index in [1.807, 2.05) is 91.0 Å². The molecule has 0 radical (unpaired) electrons. The molecule has 0 bridgehead atoms. The molecule has 5 saturated carbocycles. The molecule has 0 unspecified atom stereocenters. The maximum Gasteiger partial charge on any atom is 0.309 e. The van der Waals surface area contributed by atoms with E-state index in [1.54, 1.807) is 19.6 Å². The summed E-state index contributed by atoms with van der Waals surface area (Å²) in [4.78, 5) is 152. The standard InChI is InChI=1S/C25H37N3O5.C25H35N3O4.C16H27NO4.C15H25NO4.C12H20O4.C10H14N2O2/c26-24(30)22(18-33-17-20-9-5-2-6-10-20)27-25(31)21(15-19-7-3-1-4-8-19)16-23(29)28-11-13-32-14-12-28;26-17-23(19-32-18-21-9-5-2-6-10-21)27-25(30)22(15-20-7-3-1-4-8-20)16-24(29)28-11-13-31-14-12-28;1-20-16(19)14(11-13-5-3-2-4-6-13)12-15(18)17-7-9-21-10-8-17;17-14(16-6-8-20-9-7-16)11-13(15(18)19)10-12-4-2-1-3-5-12;1-16-12(15)10(8-11(13)14)7-9-5-3-2-4-6-9;11-9(10(12)13)7-14-6-8-4-2-1-3-5-8/h2,5-6,9-10,19,21-22H,1,3-4,7-8,11-18H2,(H2,26,30)(H,27,31);2,5-6,9-10,20,22-23H,1,3-4,7-8,11-16,18-19H2,(H,27,30);13-14H,2-12H2,1H3;12-13H,1-11H2,(H,18,19);9-10H,2-8H2,1H3,(H,13,14);1-5,9H,6-7,11H2,(H2,12,13)/t21-,22+;22-,23-;14-;13-;10-;9-/m111110/s1. The lowest BCUT2D eigenvalue weighted by Gasteiger charge is -2.30. The number of ether oxygens (including phenoxy) is 9. The zero-order valence-corrected chi connectivity index (χ0v) is 80.9. The average molecular weight is 1900 g/mol. The first kappa shape index (κ1) is 113. The number of morpholine rings is 4. The third kappa shape index (κ3) is 46.3. The van der Waals surface area contributed by atoms with Crippen LogP contribution in [0.25, 0.3) is 0 Å². The first-order valence-electron chi connectivity index (χ1n) is 50.1. The molecule has 136 heavy (non-hydrogen) atoms. The van der Waals surface area contributed by atoms with Gasteiger partial charge in [0.1, 0.15) is 18.1 Å². The Hall–Kier alpha value is -9.53. The van der Waals surface area contributed by atoms with E-state index in [9.17, 15) is 67.9 Å². The monoisotopic (exact) mass is 1900 g/mol. The SMILES string of the molecule is COC(=O)[C@@H](CC(=O)N1CCOCC1)CC1CCCCC1.COC(=O)[C@@H](CC(=O)O)CC1CCCCC1.N#C[C@H](COCc1ccccc1)NC(=O)[C@@H](CC(=O)N1CCOCC1)CC1CCCCC1.NC(=O)[C@@H](N)COCc1ccccc1.NC(=O)[C@H](COCc1ccccc1)NC(=O)[C@@H](CC(=O)N1CCOCC1)CC1CCCCC1.O=C(O)[C@@H](CC(=O)N1CCOCC1)CC1CCCCC1.